The second-order valence-electron chi connectivity index (χ2n) is 5.43. The smallest absolute Gasteiger partial charge is 0.264 e. The van der Waals surface area contributed by atoms with Crippen molar-refractivity contribution < 1.29 is 13.2 Å². The van der Waals surface area contributed by atoms with Gasteiger partial charge in [-0.15, -0.1) is 0 Å². The van der Waals surface area contributed by atoms with Gasteiger partial charge in [-0.25, -0.2) is 8.42 Å². The summed E-state index contributed by atoms with van der Waals surface area (Å²) in [4.78, 5) is 14.3. The number of carbonyl (C=O) groups is 1. The van der Waals surface area contributed by atoms with Crippen molar-refractivity contribution in [2.45, 2.75) is 18.7 Å². The first-order valence-corrected chi connectivity index (χ1v) is 9.77. The van der Waals surface area contributed by atoms with Gasteiger partial charge in [-0.3, -0.25) is 9.10 Å². The van der Waals surface area contributed by atoms with Gasteiger partial charge in [-0.05, 0) is 44.2 Å². The zero-order valence-electron chi connectivity index (χ0n) is 14.4. The normalized spacial score (nSPS) is 11.2. The Kier molecular flexibility index (Phi) is 6.08. The van der Waals surface area contributed by atoms with Crippen LogP contribution in [0.2, 0.25) is 5.02 Å². The molecule has 0 radical (unpaired) electrons. The summed E-state index contributed by atoms with van der Waals surface area (Å²) in [6.45, 7) is 4.94. The summed E-state index contributed by atoms with van der Waals surface area (Å²) in [5.74, 6) is -0.171. The van der Waals surface area contributed by atoms with Gasteiger partial charge in [0.2, 0.25) is 0 Å². The van der Waals surface area contributed by atoms with Gasteiger partial charge < -0.3 is 4.90 Å². The van der Waals surface area contributed by atoms with Crippen molar-refractivity contribution >= 4 is 33.2 Å². The Labute approximate surface area is 153 Å². The van der Waals surface area contributed by atoms with E-state index in [9.17, 15) is 13.2 Å². The zero-order chi connectivity index (χ0) is 18.6. The molecule has 2 aromatic carbocycles. The standard InChI is InChI=1S/C18H21ClN2O3S/c1-4-21(5-2)18(22)16-12-11-14(13-17(16)19)20(3)25(23,24)15-9-7-6-8-10-15/h6-13H,4-5H2,1-3H3. The fourth-order valence-corrected chi connectivity index (χ4v) is 3.91. The molecule has 25 heavy (non-hydrogen) atoms. The number of hydrogen-bond acceptors (Lipinski definition) is 3. The van der Waals surface area contributed by atoms with Gasteiger partial charge in [0, 0.05) is 20.1 Å². The molecule has 0 saturated heterocycles. The minimum Gasteiger partial charge on any atom is -0.339 e. The Bertz CT molecular complexity index is 850. The summed E-state index contributed by atoms with van der Waals surface area (Å²) >= 11 is 6.25. The highest BCUT2D eigenvalue weighted by molar-refractivity contribution is 7.92. The highest BCUT2D eigenvalue weighted by atomic mass is 35.5. The molecule has 0 spiro atoms. The van der Waals surface area contributed by atoms with E-state index < -0.39 is 10.0 Å². The summed E-state index contributed by atoms with van der Waals surface area (Å²) in [6, 6.07) is 12.8. The van der Waals surface area contributed by atoms with E-state index in [0.29, 0.717) is 24.3 Å². The van der Waals surface area contributed by atoms with Crippen LogP contribution < -0.4 is 4.31 Å². The first-order chi connectivity index (χ1) is 11.8. The molecular weight excluding hydrogens is 360 g/mol. The third kappa shape index (κ3) is 3.96. The van der Waals surface area contributed by atoms with E-state index in [0.717, 1.165) is 4.31 Å². The Morgan fingerprint density at radius 3 is 2.16 bits per heavy atom. The maximum atomic E-state index is 12.7. The number of nitrogens with zero attached hydrogens (tertiary/aromatic N) is 2. The molecule has 0 aliphatic carbocycles. The monoisotopic (exact) mass is 380 g/mol. The van der Waals surface area contributed by atoms with Crippen molar-refractivity contribution in [3.05, 3.63) is 59.1 Å². The van der Waals surface area contributed by atoms with E-state index in [2.05, 4.69) is 0 Å². The molecule has 0 N–H and O–H groups in total. The Hall–Kier alpha value is -2.05. The Morgan fingerprint density at radius 1 is 1.04 bits per heavy atom. The van der Waals surface area contributed by atoms with Crippen LogP contribution in [0, 0.1) is 0 Å². The second-order valence-corrected chi connectivity index (χ2v) is 7.80. The van der Waals surface area contributed by atoms with Crippen LogP contribution in [0.5, 0.6) is 0 Å². The van der Waals surface area contributed by atoms with E-state index in [1.165, 1.54) is 25.2 Å². The van der Waals surface area contributed by atoms with Gasteiger partial charge >= 0.3 is 0 Å². The third-order valence-corrected chi connectivity index (χ3v) is 6.11. The van der Waals surface area contributed by atoms with Crippen molar-refractivity contribution in [2.75, 3.05) is 24.4 Å². The number of amides is 1. The molecule has 0 atom stereocenters. The largest absolute Gasteiger partial charge is 0.339 e. The molecule has 7 heteroatoms. The first kappa shape index (κ1) is 19.3. The van der Waals surface area contributed by atoms with Crippen LogP contribution in [0.4, 0.5) is 5.69 Å². The average molecular weight is 381 g/mol. The Balaban J connectivity index is 2.36. The number of sulfonamides is 1. The zero-order valence-corrected chi connectivity index (χ0v) is 16.0. The molecule has 0 unspecified atom stereocenters. The SMILES string of the molecule is CCN(CC)C(=O)c1ccc(N(C)S(=O)(=O)c2ccccc2)cc1Cl. The van der Waals surface area contributed by atoms with Crippen molar-refractivity contribution in [3.63, 3.8) is 0 Å². The topological polar surface area (TPSA) is 57.7 Å². The lowest BCUT2D eigenvalue weighted by atomic mass is 10.1. The van der Waals surface area contributed by atoms with Crippen molar-refractivity contribution in [3.8, 4) is 0 Å². The predicted molar refractivity (Wildman–Crippen MR) is 101 cm³/mol. The molecule has 0 heterocycles. The van der Waals surface area contributed by atoms with E-state index >= 15 is 0 Å². The van der Waals surface area contributed by atoms with Gasteiger partial charge in [-0.2, -0.15) is 0 Å². The maximum absolute atomic E-state index is 12.7. The quantitative estimate of drug-likeness (QED) is 0.768. The molecule has 2 aromatic rings. The average Bonchev–Trinajstić information content (AvgIpc) is 2.62. The molecule has 0 bridgehead atoms. The molecule has 5 nitrogen and oxygen atoms in total. The number of benzene rings is 2. The molecule has 0 saturated carbocycles. The van der Waals surface area contributed by atoms with E-state index in [1.54, 1.807) is 35.2 Å². The van der Waals surface area contributed by atoms with Crippen molar-refractivity contribution in [1.82, 2.24) is 4.90 Å². The van der Waals surface area contributed by atoms with Crippen LogP contribution in [0.1, 0.15) is 24.2 Å². The van der Waals surface area contributed by atoms with E-state index in [1.807, 2.05) is 13.8 Å². The highest BCUT2D eigenvalue weighted by Crippen LogP contribution is 2.27. The van der Waals surface area contributed by atoms with Crippen molar-refractivity contribution in [2.24, 2.45) is 0 Å². The summed E-state index contributed by atoms with van der Waals surface area (Å²) < 4.78 is 26.5. The minimum atomic E-state index is -3.69. The highest BCUT2D eigenvalue weighted by Gasteiger charge is 2.23. The maximum Gasteiger partial charge on any atom is 0.264 e. The van der Waals surface area contributed by atoms with E-state index in [4.69, 9.17) is 11.6 Å². The number of hydrogen-bond donors (Lipinski definition) is 0. The molecular formula is C18H21ClN2O3S. The number of rotatable bonds is 6. The second kappa shape index (κ2) is 7.89. The van der Waals surface area contributed by atoms with Gasteiger partial charge in [0.25, 0.3) is 15.9 Å². The van der Waals surface area contributed by atoms with Crippen LogP contribution in [0.25, 0.3) is 0 Å². The predicted octanol–water partition coefficient (Wildman–Crippen LogP) is 3.65. The van der Waals surface area contributed by atoms with Gasteiger partial charge in [0.15, 0.2) is 0 Å². The van der Waals surface area contributed by atoms with E-state index in [-0.39, 0.29) is 15.8 Å². The lowest BCUT2D eigenvalue weighted by molar-refractivity contribution is 0.0773. The number of anilines is 1. The van der Waals surface area contributed by atoms with Gasteiger partial charge in [0.05, 0.1) is 21.2 Å². The lowest BCUT2D eigenvalue weighted by Gasteiger charge is -2.22. The third-order valence-electron chi connectivity index (χ3n) is 4.00. The summed E-state index contributed by atoms with van der Waals surface area (Å²) in [7, 11) is -2.23. The molecule has 0 fully saturated rings. The lowest BCUT2D eigenvalue weighted by Crippen LogP contribution is -2.31. The molecule has 134 valence electrons. The summed E-state index contributed by atoms with van der Waals surface area (Å²) in [5.41, 5.74) is 0.754. The van der Waals surface area contributed by atoms with Gasteiger partial charge in [-0.1, -0.05) is 29.8 Å². The Morgan fingerprint density at radius 2 is 1.64 bits per heavy atom. The van der Waals surface area contributed by atoms with Crippen LogP contribution in [0.15, 0.2) is 53.4 Å². The van der Waals surface area contributed by atoms with Crippen molar-refractivity contribution in [1.29, 1.82) is 0 Å². The summed E-state index contributed by atoms with van der Waals surface area (Å²) in [5, 5.41) is 0.226. The fourth-order valence-electron chi connectivity index (χ4n) is 2.44. The molecule has 0 aromatic heterocycles. The first-order valence-electron chi connectivity index (χ1n) is 7.95. The fraction of sp³-hybridized carbons (Fsp3) is 0.278. The summed E-state index contributed by atoms with van der Waals surface area (Å²) in [6.07, 6.45) is 0. The number of carbonyl (C=O) groups excluding carboxylic acids is 1. The molecule has 0 aliphatic heterocycles. The van der Waals surface area contributed by atoms with Crippen LogP contribution in [-0.4, -0.2) is 39.4 Å². The van der Waals surface area contributed by atoms with Crippen LogP contribution in [-0.2, 0) is 10.0 Å². The van der Waals surface area contributed by atoms with Crippen LogP contribution >= 0.6 is 11.6 Å². The number of halogens is 1. The van der Waals surface area contributed by atoms with Gasteiger partial charge in [0.1, 0.15) is 0 Å². The molecule has 1 amide bonds. The molecule has 0 aliphatic rings. The van der Waals surface area contributed by atoms with Crippen LogP contribution in [0.3, 0.4) is 0 Å². The minimum absolute atomic E-state index is 0.171. The molecule has 2 rings (SSSR count).